The molecule has 2 amide bonds. The molecule has 33 heavy (non-hydrogen) atoms. The van der Waals surface area contributed by atoms with Crippen LogP contribution < -0.4 is 10.9 Å². The molecule has 2 aromatic carbocycles. The Balaban J connectivity index is 2.49. The van der Waals surface area contributed by atoms with Gasteiger partial charge in [0.1, 0.15) is 5.82 Å². The van der Waals surface area contributed by atoms with Gasteiger partial charge in [0.05, 0.1) is 11.6 Å². The summed E-state index contributed by atoms with van der Waals surface area (Å²) in [6.07, 6.45) is 1.27. The summed E-state index contributed by atoms with van der Waals surface area (Å²) in [6, 6.07) is 6.62. The summed E-state index contributed by atoms with van der Waals surface area (Å²) in [4.78, 5) is 26.4. The van der Waals surface area contributed by atoms with Crippen LogP contribution >= 0.6 is 0 Å². The molecule has 0 unspecified atom stereocenters. The zero-order valence-electron chi connectivity index (χ0n) is 19.8. The fourth-order valence-corrected chi connectivity index (χ4v) is 3.82. The molecule has 1 atom stereocenters. The zero-order valence-corrected chi connectivity index (χ0v) is 19.8. The first kappa shape index (κ1) is 26.4. The Morgan fingerprint density at radius 1 is 1.03 bits per heavy atom. The minimum Gasteiger partial charge on any atom is -0.445 e. The third kappa shape index (κ3) is 6.59. The van der Waals surface area contributed by atoms with Crippen molar-refractivity contribution in [3.05, 3.63) is 64.5 Å². The van der Waals surface area contributed by atoms with E-state index >= 15 is 0 Å². The van der Waals surface area contributed by atoms with Crippen molar-refractivity contribution in [1.29, 1.82) is 0 Å². The van der Waals surface area contributed by atoms with Gasteiger partial charge in [0, 0.05) is 5.56 Å². The molecule has 0 bridgehead atoms. The van der Waals surface area contributed by atoms with Crippen LogP contribution in [0.2, 0.25) is 0 Å². The van der Waals surface area contributed by atoms with Crippen molar-refractivity contribution < 1.29 is 26.9 Å². The normalized spacial score (nSPS) is 12.9. The molecule has 0 heterocycles. The summed E-state index contributed by atoms with van der Waals surface area (Å²) in [5, 5.41) is 1.20. The topological polar surface area (TPSA) is 49.4 Å². The van der Waals surface area contributed by atoms with Crippen molar-refractivity contribution in [3.8, 4) is 0 Å². The molecule has 4 nitrogen and oxygen atoms in total. The van der Waals surface area contributed by atoms with E-state index < -0.39 is 47.1 Å². The lowest BCUT2D eigenvalue weighted by Crippen LogP contribution is -2.56. The summed E-state index contributed by atoms with van der Waals surface area (Å²) < 4.78 is 53.2. The highest BCUT2D eigenvalue weighted by Gasteiger charge is 2.35. The summed E-state index contributed by atoms with van der Waals surface area (Å²) >= 11 is 0. The summed E-state index contributed by atoms with van der Waals surface area (Å²) in [7, 11) is 0. The van der Waals surface area contributed by atoms with E-state index in [0.29, 0.717) is 30.5 Å². The van der Waals surface area contributed by atoms with E-state index in [1.54, 1.807) is 12.1 Å². The standard InChI is InChI=1S/C24H30BF4N2O2/c1-7-8-21(24(4,5)6)31(23(33)17-12-15(2)11-16(3)13-17)30-22(32)19-10-9-18(14-20(19)26)25(27,28)29/h9-14,21H,7-8H2,1-6H3,(H,30,32)/q-1/t21-/m1/s1. The van der Waals surface area contributed by atoms with Crippen molar-refractivity contribution in [2.24, 2.45) is 5.41 Å². The molecule has 0 aliphatic heterocycles. The average molecular weight is 465 g/mol. The number of amides is 2. The third-order valence-electron chi connectivity index (χ3n) is 5.40. The Kier molecular flexibility index (Phi) is 7.98. The van der Waals surface area contributed by atoms with Crippen LogP contribution in [0.5, 0.6) is 0 Å². The van der Waals surface area contributed by atoms with Gasteiger partial charge in [-0.3, -0.25) is 15.0 Å². The molecule has 0 saturated heterocycles. The van der Waals surface area contributed by atoms with Crippen molar-refractivity contribution in [2.75, 3.05) is 0 Å². The number of hydrogen-bond donors (Lipinski definition) is 1. The number of benzene rings is 2. The largest absolute Gasteiger partial charge is 0.509 e. The SMILES string of the molecule is CCC[C@@H](N(NC(=O)c1ccc([B-](F)(F)F)cc1F)C(=O)c1cc(C)cc(C)c1)C(C)(C)C. The van der Waals surface area contributed by atoms with Crippen LogP contribution in [-0.2, 0) is 0 Å². The first-order valence-electron chi connectivity index (χ1n) is 10.9. The van der Waals surface area contributed by atoms with E-state index in [1.807, 2.05) is 47.6 Å². The van der Waals surface area contributed by atoms with E-state index in [4.69, 9.17) is 0 Å². The highest BCUT2D eigenvalue weighted by molar-refractivity contribution is 6.73. The first-order chi connectivity index (χ1) is 15.1. The predicted molar refractivity (Wildman–Crippen MR) is 123 cm³/mol. The highest BCUT2D eigenvalue weighted by Crippen LogP contribution is 2.29. The monoisotopic (exact) mass is 465 g/mol. The Hall–Kier alpha value is -2.84. The van der Waals surface area contributed by atoms with Crippen LogP contribution in [0.15, 0.2) is 36.4 Å². The molecular weight excluding hydrogens is 435 g/mol. The van der Waals surface area contributed by atoms with E-state index in [1.165, 1.54) is 5.01 Å². The summed E-state index contributed by atoms with van der Waals surface area (Å²) in [5.41, 5.74) is 2.43. The number of hydrazine groups is 1. The highest BCUT2D eigenvalue weighted by atomic mass is 19.4. The molecule has 1 N–H and O–H groups in total. The van der Waals surface area contributed by atoms with Crippen LogP contribution in [0.25, 0.3) is 0 Å². The van der Waals surface area contributed by atoms with Gasteiger partial charge in [0.2, 0.25) is 0 Å². The van der Waals surface area contributed by atoms with Gasteiger partial charge in [0.15, 0.2) is 0 Å². The smallest absolute Gasteiger partial charge is 0.445 e. The van der Waals surface area contributed by atoms with Gasteiger partial charge in [-0.05, 0) is 43.9 Å². The lowest BCUT2D eigenvalue weighted by atomic mass is 9.80. The number of aryl methyl sites for hydroxylation is 2. The van der Waals surface area contributed by atoms with E-state index in [0.717, 1.165) is 17.2 Å². The van der Waals surface area contributed by atoms with Gasteiger partial charge in [-0.2, -0.15) is 0 Å². The molecule has 0 aromatic heterocycles. The number of halogens is 4. The van der Waals surface area contributed by atoms with E-state index in [9.17, 15) is 26.9 Å². The minimum atomic E-state index is -5.40. The number of rotatable bonds is 6. The van der Waals surface area contributed by atoms with Crippen molar-refractivity contribution in [3.63, 3.8) is 0 Å². The Bertz CT molecular complexity index is 1010. The van der Waals surface area contributed by atoms with Gasteiger partial charge in [0.25, 0.3) is 11.8 Å². The van der Waals surface area contributed by atoms with Crippen LogP contribution in [0.3, 0.4) is 0 Å². The fourth-order valence-electron chi connectivity index (χ4n) is 3.82. The number of carbonyl (C=O) groups excluding carboxylic acids is 2. The second-order valence-electron chi connectivity index (χ2n) is 9.48. The molecule has 2 aromatic rings. The van der Waals surface area contributed by atoms with Crippen LogP contribution in [0.1, 0.15) is 72.4 Å². The molecule has 0 aliphatic carbocycles. The summed E-state index contributed by atoms with van der Waals surface area (Å²) in [6.45, 7) is 5.99. The van der Waals surface area contributed by atoms with Gasteiger partial charge in [-0.1, -0.05) is 63.4 Å². The molecule has 0 fully saturated rings. The average Bonchev–Trinajstić information content (AvgIpc) is 2.67. The van der Waals surface area contributed by atoms with E-state index in [2.05, 4.69) is 5.43 Å². The lowest BCUT2D eigenvalue weighted by molar-refractivity contribution is 0.0269. The first-order valence-corrected chi connectivity index (χ1v) is 10.9. The lowest BCUT2D eigenvalue weighted by Gasteiger charge is -2.40. The van der Waals surface area contributed by atoms with Crippen molar-refractivity contribution >= 4 is 24.3 Å². The molecule has 180 valence electrons. The maximum Gasteiger partial charge on any atom is 0.509 e. The van der Waals surface area contributed by atoms with Gasteiger partial charge >= 0.3 is 6.98 Å². The molecule has 0 saturated carbocycles. The summed E-state index contributed by atoms with van der Waals surface area (Å²) in [5.74, 6) is -2.76. The van der Waals surface area contributed by atoms with Gasteiger partial charge in [-0.15, -0.1) is 5.46 Å². The van der Waals surface area contributed by atoms with Gasteiger partial charge < -0.3 is 12.9 Å². The van der Waals surface area contributed by atoms with Crippen molar-refractivity contribution in [2.45, 2.75) is 60.4 Å². The Morgan fingerprint density at radius 2 is 1.61 bits per heavy atom. The Morgan fingerprint density at radius 3 is 2.06 bits per heavy atom. The second kappa shape index (κ2) is 9.97. The van der Waals surface area contributed by atoms with Gasteiger partial charge in [-0.25, -0.2) is 9.40 Å². The quantitative estimate of drug-likeness (QED) is 0.348. The van der Waals surface area contributed by atoms with Crippen LogP contribution in [0.4, 0.5) is 17.3 Å². The predicted octanol–water partition coefficient (Wildman–Crippen LogP) is 5.50. The Labute approximate surface area is 192 Å². The van der Waals surface area contributed by atoms with E-state index in [-0.39, 0.29) is 0 Å². The molecule has 0 spiro atoms. The molecular formula is C24H30BF4N2O2-. The second-order valence-corrected chi connectivity index (χ2v) is 9.48. The molecule has 9 heteroatoms. The number of carbonyl (C=O) groups is 2. The fraction of sp³-hybridized carbons (Fsp3) is 0.417. The van der Waals surface area contributed by atoms with Crippen LogP contribution in [0, 0.1) is 25.1 Å². The molecule has 0 aliphatic rings. The molecule has 2 rings (SSSR count). The number of nitrogens with one attached hydrogen (secondary N) is 1. The number of hydrogen-bond acceptors (Lipinski definition) is 2. The van der Waals surface area contributed by atoms with Crippen LogP contribution in [-0.4, -0.2) is 29.8 Å². The third-order valence-corrected chi connectivity index (χ3v) is 5.40. The zero-order chi connectivity index (χ0) is 25.1. The molecule has 0 radical (unpaired) electrons. The number of nitrogens with zero attached hydrogens (tertiary/aromatic N) is 1. The minimum absolute atomic E-state index is 0.304. The maximum atomic E-state index is 14.4. The maximum absolute atomic E-state index is 14.4. The van der Waals surface area contributed by atoms with Crippen molar-refractivity contribution in [1.82, 2.24) is 10.4 Å².